The van der Waals surface area contributed by atoms with Crippen molar-refractivity contribution in [3.8, 4) is 0 Å². The SMILES string of the molecule is O=C1NC(=S)N(c2ccc(F)cc2)C(=O)C1=Cc1cccc(Br)c1. The van der Waals surface area contributed by atoms with Gasteiger partial charge in [0.2, 0.25) is 0 Å². The number of nitrogens with one attached hydrogen (secondary N) is 1. The molecule has 0 aliphatic carbocycles. The van der Waals surface area contributed by atoms with Gasteiger partial charge in [0.25, 0.3) is 11.8 Å². The van der Waals surface area contributed by atoms with Gasteiger partial charge in [-0.1, -0.05) is 28.1 Å². The van der Waals surface area contributed by atoms with Crippen LogP contribution in [0.2, 0.25) is 0 Å². The van der Waals surface area contributed by atoms with E-state index >= 15 is 0 Å². The van der Waals surface area contributed by atoms with Gasteiger partial charge >= 0.3 is 0 Å². The quantitative estimate of drug-likeness (QED) is 0.473. The molecule has 1 N–H and O–H groups in total. The second kappa shape index (κ2) is 6.62. The number of nitrogens with zero attached hydrogens (tertiary/aromatic N) is 1. The molecule has 0 saturated carbocycles. The fourth-order valence-corrected chi connectivity index (χ4v) is 2.94. The average Bonchev–Trinajstić information content (AvgIpc) is 2.53. The van der Waals surface area contributed by atoms with Crippen molar-refractivity contribution in [3.05, 3.63) is 70.0 Å². The summed E-state index contributed by atoms with van der Waals surface area (Å²) in [4.78, 5) is 26.0. The zero-order valence-corrected chi connectivity index (χ0v) is 14.5. The van der Waals surface area contributed by atoms with E-state index in [0.29, 0.717) is 11.3 Å². The number of benzene rings is 2. The predicted molar refractivity (Wildman–Crippen MR) is 96.7 cm³/mol. The summed E-state index contributed by atoms with van der Waals surface area (Å²) in [7, 11) is 0. The van der Waals surface area contributed by atoms with Crippen molar-refractivity contribution in [2.24, 2.45) is 0 Å². The lowest BCUT2D eigenvalue weighted by Gasteiger charge is -2.28. The number of halogens is 2. The summed E-state index contributed by atoms with van der Waals surface area (Å²) >= 11 is 8.42. The molecule has 1 aliphatic rings. The van der Waals surface area contributed by atoms with Crippen LogP contribution >= 0.6 is 28.1 Å². The van der Waals surface area contributed by atoms with Crippen molar-refractivity contribution in [3.63, 3.8) is 0 Å². The van der Waals surface area contributed by atoms with Gasteiger partial charge in [0.05, 0.1) is 5.69 Å². The highest BCUT2D eigenvalue weighted by molar-refractivity contribution is 9.10. The minimum Gasteiger partial charge on any atom is -0.298 e. The number of carbonyl (C=O) groups is 2. The second-order valence-electron chi connectivity index (χ2n) is 4.99. The number of hydrogen-bond donors (Lipinski definition) is 1. The van der Waals surface area contributed by atoms with Crippen LogP contribution in [0.15, 0.2) is 58.6 Å². The number of thiocarbonyl (C=S) groups is 1. The Balaban J connectivity index is 2.01. The molecule has 0 atom stereocenters. The molecule has 1 heterocycles. The Morgan fingerprint density at radius 2 is 1.83 bits per heavy atom. The minimum absolute atomic E-state index is 0.0389. The Morgan fingerprint density at radius 1 is 1.12 bits per heavy atom. The summed E-state index contributed by atoms with van der Waals surface area (Å²) in [5.74, 6) is -1.55. The van der Waals surface area contributed by atoms with Gasteiger partial charge in [-0.2, -0.15) is 0 Å². The molecule has 2 aromatic rings. The normalized spacial score (nSPS) is 16.5. The van der Waals surface area contributed by atoms with Gasteiger partial charge in [0.1, 0.15) is 11.4 Å². The molecule has 0 bridgehead atoms. The van der Waals surface area contributed by atoms with E-state index in [9.17, 15) is 14.0 Å². The van der Waals surface area contributed by atoms with E-state index in [0.717, 1.165) is 4.47 Å². The van der Waals surface area contributed by atoms with Gasteiger partial charge in [0.15, 0.2) is 5.11 Å². The Hall–Kier alpha value is -2.38. The third kappa shape index (κ3) is 3.27. The Labute approximate surface area is 151 Å². The molecule has 1 aliphatic heterocycles. The Bertz CT molecular complexity index is 880. The van der Waals surface area contributed by atoms with Crippen LogP contribution < -0.4 is 10.2 Å². The third-order valence-corrected chi connectivity index (χ3v) is 4.12. The molecule has 1 saturated heterocycles. The fraction of sp³-hybridized carbons (Fsp3) is 0. The van der Waals surface area contributed by atoms with Crippen LogP contribution in [0.4, 0.5) is 10.1 Å². The number of carbonyl (C=O) groups excluding carboxylic acids is 2. The van der Waals surface area contributed by atoms with Crippen molar-refractivity contribution < 1.29 is 14.0 Å². The number of hydrogen-bond acceptors (Lipinski definition) is 3. The molecule has 0 radical (unpaired) electrons. The first-order valence-electron chi connectivity index (χ1n) is 6.88. The molecule has 0 unspecified atom stereocenters. The lowest BCUT2D eigenvalue weighted by molar-refractivity contribution is -0.122. The summed E-state index contributed by atoms with van der Waals surface area (Å²) in [5, 5.41) is 2.44. The molecular weight excluding hydrogens is 395 g/mol. The summed E-state index contributed by atoms with van der Waals surface area (Å²) in [6.45, 7) is 0. The average molecular weight is 405 g/mol. The molecule has 7 heteroatoms. The zero-order chi connectivity index (χ0) is 17.3. The zero-order valence-electron chi connectivity index (χ0n) is 12.1. The van der Waals surface area contributed by atoms with E-state index in [1.807, 2.05) is 6.07 Å². The molecule has 120 valence electrons. The number of amides is 2. The van der Waals surface area contributed by atoms with Crippen molar-refractivity contribution in [2.75, 3.05) is 4.90 Å². The molecule has 4 nitrogen and oxygen atoms in total. The molecule has 2 aromatic carbocycles. The van der Waals surface area contributed by atoms with E-state index in [1.54, 1.807) is 18.2 Å². The molecule has 24 heavy (non-hydrogen) atoms. The van der Waals surface area contributed by atoms with E-state index < -0.39 is 17.6 Å². The lowest BCUT2D eigenvalue weighted by atomic mass is 10.1. The van der Waals surface area contributed by atoms with E-state index in [-0.39, 0.29) is 10.7 Å². The molecule has 0 spiro atoms. The first kappa shape index (κ1) is 16.5. The highest BCUT2D eigenvalue weighted by atomic mass is 79.9. The maximum Gasteiger partial charge on any atom is 0.270 e. The van der Waals surface area contributed by atoms with Crippen LogP contribution in [-0.2, 0) is 9.59 Å². The molecule has 1 fully saturated rings. The Kier molecular flexibility index (Phi) is 4.55. The van der Waals surface area contributed by atoms with Gasteiger partial charge in [-0.25, -0.2) is 4.39 Å². The van der Waals surface area contributed by atoms with Crippen LogP contribution in [0.5, 0.6) is 0 Å². The first-order chi connectivity index (χ1) is 11.5. The van der Waals surface area contributed by atoms with Crippen molar-refractivity contribution in [2.45, 2.75) is 0 Å². The maximum absolute atomic E-state index is 13.1. The van der Waals surface area contributed by atoms with E-state index in [1.165, 1.54) is 35.2 Å². The van der Waals surface area contributed by atoms with Gasteiger partial charge < -0.3 is 0 Å². The van der Waals surface area contributed by atoms with E-state index in [2.05, 4.69) is 21.2 Å². The third-order valence-electron chi connectivity index (χ3n) is 3.35. The number of anilines is 1. The van der Waals surface area contributed by atoms with Gasteiger partial charge in [0, 0.05) is 4.47 Å². The Morgan fingerprint density at radius 3 is 2.50 bits per heavy atom. The van der Waals surface area contributed by atoms with Gasteiger partial charge in [-0.15, -0.1) is 0 Å². The molecule has 0 aromatic heterocycles. The molecule has 2 amide bonds. The standard InChI is InChI=1S/C17H10BrFN2O2S/c18-11-3-1-2-10(8-11)9-14-15(22)20-17(24)21(16(14)23)13-6-4-12(19)5-7-13/h1-9H,(H,20,22,24). The monoisotopic (exact) mass is 404 g/mol. The van der Waals surface area contributed by atoms with Crippen LogP contribution in [0.3, 0.4) is 0 Å². The lowest BCUT2D eigenvalue weighted by Crippen LogP contribution is -2.54. The highest BCUT2D eigenvalue weighted by Gasteiger charge is 2.34. The summed E-state index contributed by atoms with van der Waals surface area (Å²) in [5.41, 5.74) is 1.02. The van der Waals surface area contributed by atoms with Crippen LogP contribution in [-0.4, -0.2) is 16.9 Å². The van der Waals surface area contributed by atoms with E-state index in [4.69, 9.17) is 12.2 Å². The van der Waals surface area contributed by atoms with Gasteiger partial charge in [-0.3, -0.25) is 19.8 Å². The van der Waals surface area contributed by atoms with Crippen LogP contribution in [0.1, 0.15) is 5.56 Å². The summed E-state index contributed by atoms with van der Waals surface area (Å²) in [6.07, 6.45) is 1.49. The molecule has 3 rings (SSSR count). The van der Waals surface area contributed by atoms with Crippen LogP contribution in [0.25, 0.3) is 6.08 Å². The first-order valence-corrected chi connectivity index (χ1v) is 8.08. The largest absolute Gasteiger partial charge is 0.298 e. The summed E-state index contributed by atoms with van der Waals surface area (Å²) < 4.78 is 13.9. The fourth-order valence-electron chi connectivity index (χ4n) is 2.25. The van der Waals surface area contributed by atoms with Crippen molar-refractivity contribution in [1.82, 2.24) is 5.32 Å². The number of rotatable bonds is 2. The van der Waals surface area contributed by atoms with Crippen LogP contribution in [0, 0.1) is 5.82 Å². The smallest absolute Gasteiger partial charge is 0.270 e. The van der Waals surface area contributed by atoms with Gasteiger partial charge in [-0.05, 0) is 60.3 Å². The minimum atomic E-state index is -0.566. The maximum atomic E-state index is 13.1. The van der Waals surface area contributed by atoms with Crippen molar-refractivity contribution >= 4 is 56.8 Å². The van der Waals surface area contributed by atoms with Crippen molar-refractivity contribution in [1.29, 1.82) is 0 Å². The predicted octanol–water partition coefficient (Wildman–Crippen LogP) is 3.42. The topological polar surface area (TPSA) is 49.4 Å². The highest BCUT2D eigenvalue weighted by Crippen LogP contribution is 2.23. The summed E-state index contributed by atoms with van der Waals surface area (Å²) in [6, 6.07) is 12.5. The molecular formula is C17H10BrFN2O2S. The second-order valence-corrected chi connectivity index (χ2v) is 6.29.